The monoisotopic (exact) mass is 255 g/mol. The van der Waals surface area contributed by atoms with E-state index in [0.717, 1.165) is 25.7 Å². The molecular weight excluding hydrogens is 238 g/mol. The van der Waals surface area contributed by atoms with Crippen molar-refractivity contribution in [2.24, 2.45) is 11.7 Å². The van der Waals surface area contributed by atoms with Gasteiger partial charge in [0.2, 0.25) is 0 Å². The highest BCUT2D eigenvalue weighted by atomic mass is 16.1. The lowest BCUT2D eigenvalue weighted by Gasteiger charge is -2.29. The van der Waals surface area contributed by atoms with E-state index in [1.54, 1.807) is 24.3 Å². The number of carbonyl (C=O) groups excluding carboxylic acids is 2. The van der Waals surface area contributed by atoms with Crippen LogP contribution in [0.3, 0.4) is 0 Å². The molecule has 1 fully saturated rings. The van der Waals surface area contributed by atoms with Crippen LogP contribution in [0, 0.1) is 5.92 Å². The number of fused-ring (bicyclic) bond motifs is 1. The van der Waals surface area contributed by atoms with E-state index in [0.29, 0.717) is 16.7 Å². The summed E-state index contributed by atoms with van der Waals surface area (Å²) >= 11 is 0. The summed E-state index contributed by atoms with van der Waals surface area (Å²) in [5, 5.41) is 0. The molecule has 0 aromatic heterocycles. The van der Waals surface area contributed by atoms with Gasteiger partial charge in [-0.25, -0.2) is 0 Å². The van der Waals surface area contributed by atoms with Crippen LogP contribution in [0.5, 0.6) is 0 Å². The molecule has 0 spiro atoms. The van der Waals surface area contributed by atoms with Gasteiger partial charge in [0.1, 0.15) is 0 Å². The van der Waals surface area contributed by atoms with Gasteiger partial charge in [0.25, 0.3) is 0 Å². The first-order valence-corrected chi connectivity index (χ1v) is 6.82. The molecule has 0 radical (unpaired) electrons. The predicted molar refractivity (Wildman–Crippen MR) is 73.1 cm³/mol. The highest BCUT2D eigenvalue weighted by molar-refractivity contribution is 6.24. The molecule has 0 amide bonds. The van der Waals surface area contributed by atoms with Gasteiger partial charge in [0.15, 0.2) is 11.6 Å². The number of carbonyl (C=O) groups is 2. The van der Waals surface area contributed by atoms with E-state index in [9.17, 15) is 9.59 Å². The summed E-state index contributed by atoms with van der Waals surface area (Å²) in [6.45, 7) is 0. The third-order valence-corrected chi connectivity index (χ3v) is 4.20. The number of hydrogen-bond acceptors (Lipinski definition) is 3. The first-order chi connectivity index (χ1) is 9.16. The van der Waals surface area contributed by atoms with Crippen molar-refractivity contribution in [3.63, 3.8) is 0 Å². The number of allylic oxidation sites excluding steroid dienone is 2. The second-order valence-corrected chi connectivity index (χ2v) is 5.45. The molecule has 3 heteroatoms. The molecular formula is C16H17NO2. The van der Waals surface area contributed by atoms with Gasteiger partial charge in [-0.05, 0) is 37.7 Å². The third kappa shape index (κ3) is 2.15. The lowest BCUT2D eigenvalue weighted by molar-refractivity contribution is 0.0970. The molecule has 2 aliphatic carbocycles. The zero-order valence-electron chi connectivity index (χ0n) is 10.8. The van der Waals surface area contributed by atoms with E-state index in [1.807, 2.05) is 6.07 Å². The maximum atomic E-state index is 12.5. The first kappa shape index (κ1) is 12.3. The van der Waals surface area contributed by atoms with E-state index >= 15 is 0 Å². The Hall–Kier alpha value is -1.74. The van der Waals surface area contributed by atoms with Crippen LogP contribution in [-0.2, 0) is 0 Å². The fourth-order valence-corrected chi connectivity index (χ4v) is 3.07. The van der Waals surface area contributed by atoms with Gasteiger partial charge in [-0.3, -0.25) is 9.59 Å². The van der Waals surface area contributed by atoms with Crippen LogP contribution in [0.15, 0.2) is 35.9 Å². The molecule has 2 aliphatic rings. The van der Waals surface area contributed by atoms with Crippen molar-refractivity contribution in [2.45, 2.75) is 31.7 Å². The summed E-state index contributed by atoms with van der Waals surface area (Å²) < 4.78 is 0. The van der Waals surface area contributed by atoms with Gasteiger partial charge in [-0.15, -0.1) is 0 Å². The van der Waals surface area contributed by atoms with E-state index < -0.39 is 0 Å². The molecule has 1 aromatic carbocycles. The fraction of sp³-hybridized carbons (Fsp3) is 0.375. The molecule has 3 nitrogen and oxygen atoms in total. The molecule has 0 saturated heterocycles. The van der Waals surface area contributed by atoms with E-state index in [-0.39, 0.29) is 23.5 Å². The second-order valence-electron chi connectivity index (χ2n) is 5.45. The summed E-state index contributed by atoms with van der Waals surface area (Å²) in [6, 6.07) is 7.32. The van der Waals surface area contributed by atoms with Gasteiger partial charge < -0.3 is 5.73 Å². The number of Topliss-reactive ketones (excluding diaryl/α,β-unsaturated/α-hetero) is 1. The lowest BCUT2D eigenvalue weighted by Crippen LogP contribution is -2.30. The number of hydrogen-bond donors (Lipinski definition) is 1. The highest BCUT2D eigenvalue weighted by Gasteiger charge is 2.31. The Balaban J connectivity index is 1.92. The first-order valence-electron chi connectivity index (χ1n) is 6.82. The summed E-state index contributed by atoms with van der Waals surface area (Å²) in [6.07, 6.45) is 5.24. The summed E-state index contributed by atoms with van der Waals surface area (Å²) in [7, 11) is 0. The number of rotatable bonds is 1. The van der Waals surface area contributed by atoms with Gasteiger partial charge in [0, 0.05) is 22.7 Å². The van der Waals surface area contributed by atoms with Gasteiger partial charge in [-0.1, -0.05) is 24.3 Å². The third-order valence-electron chi connectivity index (χ3n) is 4.20. The summed E-state index contributed by atoms with van der Waals surface area (Å²) in [5.74, 6) is 0.181. The van der Waals surface area contributed by atoms with Crippen LogP contribution >= 0.6 is 0 Å². The van der Waals surface area contributed by atoms with Crippen LogP contribution < -0.4 is 5.73 Å². The Labute approximate surface area is 112 Å². The fourth-order valence-electron chi connectivity index (χ4n) is 3.07. The molecule has 0 aliphatic heterocycles. The molecule has 2 N–H and O–H groups in total. The lowest BCUT2D eigenvalue weighted by atomic mass is 9.76. The molecule has 0 unspecified atom stereocenters. The van der Waals surface area contributed by atoms with Crippen LogP contribution in [-0.4, -0.2) is 17.6 Å². The molecule has 0 atom stereocenters. The standard InChI is InChI=1S/C16H17NO2/c17-11-7-5-10(6-8-11)14-9-15(18)12-3-1-2-4-13(12)16(14)19/h1-4,9-11H,5-8,17H2. The molecule has 0 heterocycles. The largest absolute Gasteiger partial charge is 0.328 e. The smallest absolute Gasteiger partial charge is 0.190 e. The van der Waals surface area contributed by atoms with Gasteiger partial charge in [-0.2, -0.15) is 0 Å². The topological polar surface area (TPSA) is 60.2 Å². The van der Waals surface area contributed by atoms with Crippen LogP contribution in [0.4, 0.5) is 0 Å². The second kappa shape index (κ2) is 4.74. The molecule has 98 valence electrons. The van der Waals surface area contributed by atoms with Crippen LogP contribution in [0.2, 0.25) is 0 Å². The quantitative estimate of drug-likeness (QED) is 0.838. The van der Waals surface area contributed by atoms with Crippen molar-refractivity contribution < 1.29 is 9.59 Å². The normalized spacial score (nSPS) is 26.9. The molecule has 3 rings (SSSR count). The highest BCUT2D eigenvalue weighted by Crippen LogP contribution is 2.34. The van der Waals surface area contributed by atoms with Crippen molar-refractivity contribution in [3.8, 4) is 0 Å². The van der Waals surface area contributed by atoms with Crippen molar-refractivity contribution >= 4 is 11.6 Å². The number of ketones is 2. The van der Waals surface area contributed by atoms with Crippen LogP contribution in [0.25, 0.3) is 0 Å². The van der Waals surface area contributed by atoms with Crippen molar-refractivity contribution in [1.82, 2.24) is 0 Å². The van der Waals surface area contributed by atoms with Crippen molar-refractivity contribution in [1.29, 1.82) is 0 Å². The zero-order valence-corrected chi connectivity index (χ0v) is 10.8. The van der Waals surface area contributed by atoms with E-state index in [1.165, 1.54) is 0 Å². The van der Waals surface area contributed by atoms with Gasteiger partial charge >= 0.3 is 0 Å². The SMILES string of the molecule is NC1CCC(C2=CC(=O)c3ccccc3C2=O)CC1. The van der Waals surface area contributed by atoms with Crippen LogP contribution in [0.1, 0.15) is 46.4 Å². The van der Waals surface area contributed by atoms with E-state index in [2.05, 4.69) is 0 Å². The minimum Gasteiger partial charge on any atom is -0.328 e. The Bertz CT molecular complexity index is 566. The Morgan fingerprint density at radius 1 is 0.947 bits per heavy atom. The maximum absolute atomic E-state index is 12.5. The minimum absolute atomic E-state index is 0.0238. The molecule has 1 saturated carbocycles. The Kier molecular flexibility index (Phi) is 3.07. The molecule has 0 bridgehead atoms. The zero-order chi connectivity index (χ0) is 13.4. The summed E-state index contributed by atoms with van der Waals surface area (Å²) in [5.41, 5.74) is 7.67. The maximum Gasteiger partial charge on any atom is 0.190 e. The number of benzene rings is 1. The molecule has 19 heavy (non-hydrogen) atoms. The Morgan fingerprint density at radius 2 is 1.58 bits per heavy atom. The molecule has 1 aromatic rings. The Morgan fingerprint density at radius 3 is 2.26 bits per heavy atom. The number of nitrogens with two attached hydrogens (primary N) is 1. The van der Waals surface area contributed by atoms with E-state index in [4.69, 9.17) is 5.73 Å². The average molecular weight is 255 g/mol. The predicted octanol–water partition coefficient (Wildman–Crippen LogP) is 2.51. The minimum atomic E-state index is -0.0416. The van der Waals surface area contributed by atoms with Crippen molar-refractivity contribution in [3.05, 3.63) is 47.0 Å². The average Bonchev–Trinajstić information content (AvgIpc) is 2.44. The van der Waals surface area contributed by atoms with Crippen molar-refractivity contribution in [2.75, 3.05) is 0 Å². The summed E-state index contributed by atoms with van der Waals surface area (Å²) in [4.78, 5) is 24.6. The van der Waals surface area contributed by atoms with Gasteiger partial charge in [0.05, 0.1) is 0 Å².